The second kappa shape index (κ2) is 7.63. The summed E-state index contributed by atoms with van der Waals surface area (Å²) < 4.78 is 1.24. The van der Waals surface area contributed by atoms with Gasteiger partial charge < -0.3 is 10.2 Å². The van der Waals surface area contributed by atoms with E-state index < -0.39 is 0 Å². The van der Waals surface area contributed by atoms with Gasteiger partial charge in [0, 0.05) is 10.9 Å². The summed E-state index contributed by atoms with van der Waals surface area (Å²) in [4.78, 5) is 3.99. The van der Waals surface area contributed by atoms with Crippen LogP contribution in [0.4, 0.5) is 0 Å². The van der Waals surface area contributed by atoms with Gasteiger partial charge in [0.25, 0.3) is 0 Å². The van der Waals surface area contributed by atoms with Crippen LogP contribution in [0, 0.1) is 0 Å². The first-order valence-electron chi connectivity index (χ1n) is 6.91. The molecule has 2 nitrogen and oxygen atoms in total. The van der Waals surface area contributed by atoms with Crippen molar-refractivity contribution in [2.24, 2.45) is 0 Å². The van der Waals surface area contributed by atoms with E-state index in [0.29, 0.717) is 0 Å². The number of halogens is 1. The molecule has 1 N–H and O–H groups in total. The normalized spacial score (nSPS) is 21.3. The number of piperidine rings is 1. The van der Waals surface area contributed by atoms with Crippen LogP contribution in [-0.4, -0.2) is 37.6 Å². The maximum Gasteiger partial charge on any atom is 0.0701 e. The lowest BCUT2D eigenvalue weighted by Crippen LogP contribution is -2.38. The van der Waals surface area contributed by atoms with Crippen molar-refractivity contribution in [1.29, 1.82) is 0 Å². The highest BCUT2D eigenvalue weighted by molar-refractivity contribution is 9.11. The van der Waals surface area contributed by atoms with Crippen molar-refractivity contribution in [2.45, 2.75) is 38.1 Å². The van der Waals surface area contributed by atoms with Crippen molar-refractivity contribution < 1.29 is 0 Å². The topological polar surface area (TPSA) is 15.3 Å². The summed E-state index contributed by atoms with van der Waals surface area (Å²) in [7, 11) is 2.27. The lowest BCUT2D eigenvalue weighted by Gasteiger charge is -2.32. The molecule has 0 saturated carbocycles. The third-order valence-corrected chi connectivity index (χ3v) is 5.44. The molecule has 0 amide bonds. The molecule has 1 aliphatic rings. The molecule has 1 atom stereocenters. The smallest absolute Gasteiger partial charge is 0.0701 e. The Morgan fingerprint density at radius 2 is 2.28 bits per heavy atom. The van der Waals surface area contributed by atoms with Gasteiger partial charge in [-0.1, -0.05) is 6.42 Å². The molecule has 1 aromatic rings. The first-order valence-corrected chi connectivity index (χ1v) is 8.52. The van der Waals surface area contributed by atoms with Crippen molar-refractivity contribution in [3.8, 4) is 0 Å². The first-order chi connectivity index (χ1) is 8.75. The maximum absolute atomic E-state index is 3.58. The second-order valence-electron chi connectivity index (χ2n) is 5.12. The molecule has 4 heteroatoms. The summed E-state index contributed by atoms with van der Waals surface area (Å²) in [5.41, 5.74) is 0. The molecular weight excluding hydrogens is 308 g/mol. The highest BCUT2D eigenvalue weighted by atomic mass is 79.9. The van der Waals surface area contributed by atoms with E-state index in [4.69, 9.17) is 0 Å². The van der Waals surface area contributed by atoms with Crippen molar-refractivity contribution in [3.63, 3.8) is 0 Å². The average Bonchev–Trinajstić information content (AvgIpc) is 2.77. The Bertz CT molecular complexity index is 353. The Hall–Kier alpha value is 0.1000. The van der Waals surface area contributed by atoms with Crippen LogP contribution in [0.5, 0.6) is 0 Å². The predicted molar refractivity (Wildman–Crippen MR) is 83.5 cm³/mol. The van der Waals surface area contributed by atoms with E-state index in [1.54, 1.807) is 0 Å². The van der Waals surface area contributed by atoms with E-state index in [9.17, 15) is 0 Å². The third kappa shape index (κ3) is 4.65. The quantitative estimate of drug-likeness (QED) is 0.803. The minimum atomic E-state index is 0.808. The van der Waals surface area contributed by atoms with E-state index >= 15 is 0 Å². The SMILES string of the molecule is CN1CCCCC1CCNCCc1ccc(Br)s1. The maximum atomic E-state index is 3.58. The number of likely N-dealkylation sites (tertiary alicyclic amines) is 1. The third-order valence-electron chi connectivity index (χ3n) is 3.75. The molecule has 102 valence electrons. The molecule has 1 aromatic heterocycles. The van der Waals surface area contributed by atoms with Crippen LogP contribution in [0.3, 0.4) is 0 Å². The number of nitrogens with zero attached hydrogens (tertiary/aromatic N) is 1. The summed E-state index contributed by atoms with van der Waals surface area (Å²) in [5, 5.41) is 3.58. The Morgan fingerprint density at radius 3 is 3.00 bits per heavy atom. The van der Waals surface area contributed by atoms with E-state index in [1.165, 1.54) is 40.9 Å². The van der Waals surface area contributed by atoms with E-state index in [-0.39, 0.29) is 0 Å². The van der Waals surface area contributed by atoms with E-state index in [0.717, 1.165) is 25.6 Å². The van der Waals surface area contributed by atoms with Crippen LogP contribution in [0.2, 0.25) is 0 Å². The number of thiophene rings is 1. The van der Waals surface area contributed by atoms with Gasteiger partial charge in [-0.15, -0.1) is 11.3 Å². The zero-order chi connectivity index (χ0) is 12.8. The summed E-state index contributed by atoms with van der Waals surface area (Å²) in [6.45, 7) is 3.54. The van der Waals surface area contributed by atoms with Crippen LogP contribution >= 0.6 is 27.3 Å². The summed E-state index contributed by atoms with van der Waals surface area (Å²) >= 11 is 5.35. The van der Waals surface area contributed by atoms with Crippen LogP contribution in [0.15, 0.2) is 15.9 Å². The number of rotatable bonds is 6. The van der Waals surface area contributed by atoms with E-state index in [1.807, 2.05) is 11.3 Å². The Balaban J connectivity index is 1.55. The lowest BCUT2D eigenvalue weighted by molar-refractivity contribution is 0.175. The minimum Gasteiger partial charge on any atom is -0.316 e. The zero-order valence-corrected chi connectivity index (χ0v) is 13.5. The van der Waals surface area contributed by atoms with E-state index in [2.05, 4.69) is 45.3 Å². The van der Waals surface area contributed by atoms with Crippen LogP contribution in [0.1, 0.15) is 30.6 Å². The molecule has 0 aliphatic carbocycles. The van der Waals surface area contributed by atoms with Crippen molar-refractivity contribution >= 4 is 27.3 Å². The summed E-state index contributed by atoms with van der Waals surface area (Å²) in [6, 6.07) is 5.16. The van der Waals surface area contributed by atoms with Gasteiger partial charge in [-0.25, -0.2) is 0 Å². The average molecular weight is 331 g/mol. The minimum absolute atomic E-state index is 0.808. The van der Waals surface area contributed by atoms with Gasteiger partial charge in [0.15, 0.2) is 0 Å². The fourth-order valence-corrected chi connectivity index (χ4v) is 4.08. The largest absolute Gasteiger partial charge is 0.316 e. The monoisotopic (exact) mass is 330 g/mol. The second-order valence-corrected chi connectivity index (χ2v) is 7.67. The van der Waals surface area contributed by atoms with Gasteiger partial charge in [0.05, 0.1) is 3.79 Å². The Labute approximate surface area is 123 Å². The molecule has 0 aromatic carbocycles. The van der Waals surface area contributed by atoms with Crippen LogP contribution in [0.25, 0.3) is 0 Å². The highest BCUT2D eigenvalue weighted by Gasteiger charge is 2.17. The van der Waals surface area contributed by atoms with Gasteiger partial charge in [0.2, 0.25) is 0 Å². The van der Waals surface area contributed by atoms with Gasteiger partial charge in [-0.2, -0.15) is 0 Å². The highest BCUT2D eigenvalue weighted by Crippen LogP contribution is 2.22. The molecule has 2 heterocycles. The van der Waals surface area contributed by atoms with Gasteiger partial charge in [-0.3, -0.25) is 0 Å². The van der Waals surface area contributed by atoms with Crippen molar-refractivity contribution in [1.82, 2.24) is 10.2 Å². The van der Waals surface area contributed by atoms with Gasteiger partial charge >= 0.3 is 0 Å². The molecule has 18 heavy (non-hydrogen) atoms. The summed E-state index contributed by atoms with van der Waals surface area (Å²) in [6.07, 6.45) is 6.63. The van der Waals surface area contributed by atoms with Gasteiger partial charge in [-0.05, 0) is 80.4 Å². The van der Waals surface area contributed by atoms with Crippen molar-refractivity contribution in [2.75, 3.05) is 26.7 Å². The number of hydrogen-bond donors (Lipinski definition) is 1. The van der Waals surface area contributed by atoms with Crippen LogP contribution < -0.4 is 5.32 Å². The van der Waals surface area contributed by atoms with Gasteiger partial charge in [0.1, 0.15) is 0 Å². The molecular formula is C14H23BrN2S. The molecule has 2 rings (SSSR count). The van der Waals surface area contributed by atoms with Crippen molar-refractivity contribution in [3.05, 3.63) is 20.8 Å². The molecule has 0 spiro atoms. The molecule has 0 bridgehead atoms. The zero-order valence-electron chi connectivity index (χ0n) is 11.1. The fourth-order valence-electron chi connectivity index (χ4n) is 2.60. The molecule has 1 aliphatic heterocycles. The lowest BCUT2D eigenvalue weighted by atomic mass is 10.0. The molecule has 0 radical (unpaired) electrons. The van der Waals surface area contributed by atoms with Crippen LogP contribution in [-0.2, 0) is 6.42 Å². The number of nitrogens with one attached hydrogen (secondary N) is 1. The standard InChI is InChI=1S/C14H23BrN2S/c1-17-11-3-2-4-12(17)7-9-16-10-8-13-5-6-14(15)18-13/h5-6,12,16H,2-4,7-11H2,1H3. The Kier molecular flexibility index (Phi) is 6.15. The predicted octanol–water partition coefficient (Wildman–Crippen LogP) is 3.52. The molecule has 1 unspecified atom stereocenters. The number of hydrogen-bond acceptors (Lipinski definition) is 3. The first kappa shape index (κ1) is 14.5. The molecule has 1 saturated heterocycles. The Morgan fingerprint density at radius 1 is 1.39 bits per heavy atom. The summed E-state index contributed by atoms with van der Waals surface area (Å²) in [5.74, 6) is 0. The fraction of sp³-hybridized carbons (Fsp3) is 0.714. The molecule has 1 fully saturated rings.